The molecule has 0 radical (unpaired) electrons. The van der Waals surface area contributed by atoms with Gasteiger partial charge in [-0.25, -0.2) is 22.5 Å². The summed E-state index contributed by atoms with van der Waals surface area (Å²) in [4.78, 5) is 20.6. The summed E-state index contributed by atoms with van der Waals surface area (Å²) in [5, 5.41) is 9.01. The Balaban J connectivity index is 1.39. The van der Waals surface area contributed by atoms with Crippen LogP contribution in [0, 0.1) is 23.3 Å². The molecule has 10 heteroatoms. The van der Waals surface area contributed by atoms with E-state index in [1.165, 1.54) is 42.7 Å². The van der Waals surface area contributed by atoms with Gasteiger partial charge in [-0.2, -0.15) is 0 Å². The third kappa shape index (κ3) is 5.04. The highest BCUT2D eigenvalue weighted by Crippen LogP contribution is 2.34. The van der Waals surface area contributed by atoms with Crippen LogP contribution in [0.5, 0.6) is 11.5 Å². The number of carboxylic acids is 1. The zero-order valence-electron chi connectivity index (χ0n) is 19.1. The lowest BCUT2D eigenvalue weighted by Gasteiger charge is -2.10. The number of H-pyrrole nitrogens is 2. The van der Waals surface area contributed by atoms with Crippen molar-refractivity contribution in [2.24, 2.45) is 0 Å². The molecule has 5 aromatic rings. The van der Waals surface area contributed by atoms with E-state index in [9.17, 15) is 22.4 Å². The standard InChI is InChI=1S/C27H19F4N3O3/c28-20-4-1-14(2-6-24(35)36)9-15(20)10-16-13-33-27(34-16)19-11-17(3-5-21(19)29)37-26-22(30)12-23-18(25(26)31)7-8-32-23/h1,3-5,7-9,11-13,32H,2,6,10H2,(H,33,34)(H,35,36). The number of aromatic amines is 2. The molecule has 0 unspecified atom stereocenters. The molecule has 0 bridgehead atoms. The number of aliphatic carboxylic acids is 1. The molecule has 0 amide bonds. The number of fused-ring (bicyclic) bond motifs is 1. The van der Waals surface area contributed by atoms with Gasteiger partial charge >= 0.3 is 5.97 Å². The van der Waals surface area contributed by atoms with E-state index in [0.717, 1.165) is 12.1 Å². The van der Waals surface area contributed by atoms with Crippen LogP contribution < -0.4 is 4.74 Å². The number of hydrogen-bond donors (Lipinski definition) is 3. The van der Waals surface area contributed by atoms with Gasteiger partial charge in [0.05, 0.1) is 11.1 Å². The summed E-state index contributed by atoms with van der Waals surface area (Å²) in [5.41, 5.74) is 1.73. The van der Waals surface area contributed by atoms with Gasteiger partial charge in [0.2, 0.25) is 0 Å². The van der Waals surface area contributed by atoms with Crippen LogP contribution in [0.25, 0.3) is 22.3 Å². The van der Waals surface area contributed by atoms with Crippen molar-refractivity contribution >= 4 is 16.9 Å². The first-order chi connectivity index (χ1) is 17.8. The second-order valence-electron chi connectivity index (χ2n) is 8.44. The molecule has 3 N–H and O–H groups in total. The van der Waals surface area contributed by atoms with E-state index in [1.807, 2.05) is 0 Å². The highest BCUT2D eigenvalue weighted by Gasteiger charge is 2.18. The zero-order valence-corrected chi connectivity index (χ0v) is 19.1. The Hall–Kier alpha value is -4.60. The van der Waals surface area contributed by atoms with E-state index in [-0.39, 0.29) is 47.3 Å². The maximum Gasteiger partial charge on any atom is 0.303 e. The van der Waals surface area contributed by atoms with Crippen molar-refractivity contribution in [2.45, 2.75) is 19.3 Å². The first-order valence-corrected chi connectivity index (χ1v) is 11.2. The Kier molecular flexibility index (Phi) is 6.39. The lowest BCUT2D eigenvalue weighted by Crippen LogP contribution is -2.00. The molecule has 0 aliphatic rings. The fourth-order valence-corrected chi connectivity index (χ4v) is 4.03. The molecule has 0 fully saturated rings. The van der Waals surface area contributed by atoms with Crippen LogP contribution in [0.1, 0.15) is 23.2 Å². The molecule has 6 nitrogen and oxygen atoms in total. The predicted molar refractivity (Wildman–Crippen MR) is 127 cm³/mol. The van der Waals surface area contributed by atoms with Crippen LogP contribution in [0.2, 0.25) is 0 Å². The van der Waals surface area contributed by atoms with Crippen molar-refractivity contribution in [3.63, 3.8) is 0 Å². The molecule has 2 heterocycles. The maximum atomic E-state index is 14.8. The molecule has 2 aromatic heterocycles. The van der Waals surface area contributed by atoms with Crippen LogP contribution in [-0.2, 0) is 17.6 Å². The van der Waals surface area contributed by atoms with Crippen molar-refractivity contribution in [3.8, 4) is 22.9 Å². The third-order valence-corrected chi connectivity index (χ3v) is 5.86. The number of benzene rings is 3. The topological polar surface area (TPSA) is 91.0 Å². The average molecular weight is 509 g/mol. The number of halogens is 4. The number of aryl methyl sites for hydroxylation is 1. The lowest BCUT2D eigenvalue weighted by molar-refractivity contribution is -0.136. The minimum Gasteiger partial charge on any atom is -0.481 e. The highest BCUT2D eigenvalue weighted by atomic mass is 19.1. The number of rotatable bonds is 8. The van der Waals surface area contributed by atoms with Gasteiger partial charge in [-0.3, -0.25) is 4.79 Å². The lowest BCUT2D eigenvalue weighted by atomic mass is 10.0. The van der Waals surface area contributed by atoms with Crippen molar-refractivity contribution in [1.82, 2.24) is 15.0 Å². The predicted octanol–water partition coefficient (Wildman–Crippen LogP) is 6.51. The molecule has 37 heavy (non-hydrogen) atoms. The fraction of sp³-hybridized carbons (Fsp3) is 0.111. The van der Waals surface area contributed by atoms with Gasteiger partial charge < -0.3 is 19.8 Å². The van der Waals surface area contributed by atoms with Crippen molar-refractivity contribution in [2.75, 3.05) is 0 Å². The van der Waals surface area contributed by atoms with Gasteiger partial charge in [-0.15, -0.1) is 0 Å². The Morgan fingerprint density at radius 1 is 0.973 bits per heavy atom. The van der Waals surface area contributed by atoms with Crippen LogP contribution in [-0.4, -0.2) is 26.0 Å². The van der Waals surface area contributed by atoms with E-state index in [2.05, 4.69) is 15.0 Å². The molecule has 0 atom stereocenters. The molecule has 0 saturated carbocycles. The van der Waals surface area contributed by atoms with E-state index in [4.69, 9.17) is 9.84 Å². The smallest absolute Gasteiger partial charge is 0.303 e. The van der Waals surface area contributed by atoms with Crippen LogP contribution in [0.3, 0.4) is 0 Å². The molecular weight excluding hydrogens is 490 g/mol. The molecule has 0 aliphatic heterocycles. The summed E-state index contributed by atoms with van der Waals surface area (Å²) in [5.74, 6) is -4.42. The highest BCUT2D eigenvalue weighted by molar-refractivity contribution is 5.82. The summed E-state index contributed by atoms with van der Waals surface area (Å²) in [7, 11) is 0. The van der Waals surface area contributed by atoms with Crippen LogP contribution in [0.4, 0.5) is 17.6 Å². The van der Waals surface area contributed by atoms with E-state index >= 15 is 0 Å². The summed E-state index contributed by atoms with van der Waals surface area (Å²) in [6.45, 7) is 0. The first-order valence-electron chi connectivity index (χ1n) is 11.2. The second-order valence-corrected chi connectivity index (χ2v) is 8.44. The van der Waals surface area contributed by atoms with Crippen molar-refractivity contribution in [1.29, 1.82) is 0 Å². The Labute approximate surface area is 207 Å². The summed E-state index contributed by atoms with van der Waals surface area (Å²) < 4.78 is 63.7. The van der Waals surface area contributed by atoms with Gasteiger partial charge in [0.25, 0.3) is 0 Å². The van der Waals surface area contributed by atoms with E-state index in [0.29, 0.717) is 16.8 Å². The second kappa shape index (κ2) is 9.81. The number of imidazole rings is 1. The molecule has 0 spiro atoms. The SMILES string of the molecule is O=C(O)CCc1ccc(F)c(Cc2cnc(-c3cc(Oc4c(F)cc5[nH]ccc5c4F)ccc3F)[nH]2)c1. The molecule has 0 saturated heterocycles. The molecule has 188 valence electrons. The number of ether oxygens (including phenoxy) is 1. The largest absolute Gasteiger partial charge is 0.481 e. The molecule has 3 aromatic carbocycles. The van der Waals surface area contributed by atoms with Gasteiger partial charge in [-0.1, -0.05) is 12.1 Å². The molecule has 0 aliphatic carbocycles. The minimum absolute atomic E-state index is 0.0111. The number of nitrogens with one attached hydrogen (secondary N) is 2. The normalized spacial score (nSPS) is 11.2. The third-order valence-electron chi connectivity index (χ3n) is 5.86. The number of carboxylic acid groups (broad SMARTS) is 1. The van der Waals surface area contributed by atoms with Crippen molar-refractivity contribution < 1.29 is 32.2 Å². The zero-order chi connectivity index (χ0) is 26.1. The summed E-state index contributed by atoms with van der Waals surface area (Å²) >= 11 is 0. The van der Waals surface area contributed by atoms with Gasteiger partial charge in [0.15, 0.2) is 17.4 Å². The Morgan fingerprint density at radius 2 is 1.78 bits per heavy atom. The average Bonchev–Trinajstić information content (AvgIpc) is 3.53. The Morgan fingerprint density at radius 3 is 2.59 bits per heavy atom. The maximum absolute atomic E-state index is 14.8. The van der Waals surface area contributed by atoms with Crippen LogP contribution in [0.15, 0.2) is 60.9 Å². The summed E-state index contributed by atoms with van der Waals surface area (Å²) in [6, 6.07) is 10.5. The van der Waals surface area contributed by atoms with E-state index < -0.39 is 35.0 Å². The quantitative estimate of drug-likeness (QED) is 0.208. The first kappa shape index (κ1) is 24.1. The fourth-order valence-electron chi connectivity index (χ4n) is 4.03. The monoisotopic (exact) mass is 509 g/mol. The Bertz CT molecular complexity index is 1630. The molecular formula is C27H19F4N3O3. The van der Waals surface area contributed by atoms with Gasteiger partial charge in [0, 0.05) is 42.4 Å². The van der Waals surface area contributed by atoms with Crippen molar-refractivity contribution in [3.05, 3.63) is 101 Å². The van der Waals surface area contributed by atoms with E-state index in [1.54, 1.807) is 6.07 Å². The van der Waals surface area contributed by atoms with Gasteiger partial charge in [-0.05, 0) is 47.9 Å². The number of carbonyl (C=O) groups is 1. The number of aromatic nitrogens is 3. The van der Waals surface area contributed by atoms with Gasteiger partial charge in [0.1, 0.15) is 23.2 Å². The number of nitrogens with zero attached hydrogens (tertiary/aromatic N) is 1. The number of hydrogen-bond acceptors (Lipinski definition) is 3. The minimum atomic E-state index is -0.951. The van der Waals surface area contributed by atoms with Crippen LogP contribution >= 0.6 is 0 Å². The summed E-state index contributed by atoms with van der Waals surface area (Å²) in [6.07, 6.45) is 3.17. The molecule has 5 rings (SSSR count).